The van der Waals surface area contributed by atoms with Gasteiger partial charge in [0.25, 0.3) is 0 Å². The van der Waals surface area contributed by atoms with Crippen LogP contribution in [0.5, 0.6) is 0 Å². The van der Waals surface area contributed by atoms with Crippen molar-refractivity contribution in [2.24, 2.45) is 0 Å². The summed E-state index contributed by atoms with van der Waals surface area (Å²) in [5.74, 6) is 0.698. The first-order chi connectivity index (χ1) is 8.06. The molecular weight excluding hydrogens is 300 g/mol. The predicted octanol–water partition coefficient (Wildman–Crippen LogP) is 3.97. The predicted molar refractivity (Wildman–Crippen MR) is 74.2 cm³/mol. The number of hydrogen-bond donors (Lipinski definition) is 1. The summed E-state index contributed by atoms with van der Waals surface area (Å²) in [5.41, 5.74) is 2.15. The first-order valence-corrected chi connectivity index (χ1v) is 7.11. The van der Waals surface area contributed by atoms with Crippen LogP contribution in [0, 0.1) is 6.92 Å². The standard InChI is InChI=1S/C12H15BrN2OS/c1-7(2)14-5-9-6-16-12(15-9)10-4-8(3)11(13)17-10/h4,6-7,14H,5H2,1-3H3. The quantitative estimate of drug-likeness (QED) is 0.927. The number of nitrogens with zero attached hydrogens (tertiary/aromatic N) is 1. The molecule has 0 aliphatic carbocycles. The summed E-state index contributed by atoms with van der Waals surface area (Å²) in [4.78, 5) is 5.53. The zero-order valence-electron chi connectivity index (χ0n) is 10.1. The summed E-state index contributed by atoms with van der Waals surface area (Å²) in [6.07, 6.45) is 1.72. The normalized spacial score (nSPS) is 11.4. The van der Waals surface area contributed by atoms with Gasteiger partial charge < -0.3 is 9.73 Å². The average Bonchev–Trinajstić information content (AvgIpc) is 2.84. The van der Waals surface area contributed by atoms with E-state index in [-0.39, 0.29) is 0 Å². The molecule has 0 atom stereocenters. The number of nitrogens with one attached hydrogen (secondary N) is 1. The second kappa shape index (κ2) is 5.33. The monoisotopic (exact) mass is 314 g/mol. The molecule has 0 aliphatic rings. The number of hydrogen-bond acceptors (Lipinski definition) is 4. The minimum atomic E-state index is 0.452. The van der Waals surface area contributed by atoms with Gasteiger partial charge in [0.05, 0.1) is 14.4 Å². The highest BCUT2D eigenvalue weighted by Gasteiger charge is 2.11. The summed E-state index contributed by atoms with van der Waals surface area (Å²) in [6, 6.07) is 2.54. The zero-order valence-corrected chi connectivity index (χ0v) is 12.5. The van der Waals surface area contributed by atoms with Crippen LogP contribution in [0.3, 0.4) is 0 Å². The maximum atomic E-state index is 5.49. The van der Waals surface area contributed by atoms with Crippen molar-refractivity contribution < 1.29 is 4.42 Å². The van der Waals surface area contributed by atoms with Gasteiger partial charge in [-0.2, -0.15) is 0 Å². The molecule has 2 aromatic rings. The Morgan fingerprint density at radius 1 is 1.53 bits per heavy atom. The molecule has 2 rings (SSSR count). The van der Waals surface area contributed by atoms with Gasteiger partial charge in [-0.25, -0.2) is 4.98 Å². The molecule has 0 spiro atoms. The smallest absolute Gasteiger partial charge is 0.236 e. The summed E-state index contributed by atoms with van der Waals surface area (Å²) in [6.45, 7) is 7.03. The van der Waals surface area contributed by atoms with E-state index >= 15 is 0 Å². The average molecular weight is 315 g/mol. The molecule has 2 aromatic heterocycles. The molecular formula is C12H15BrN2OS. The maximum Gasteiger partial charge on any atom is 0.236 e. The second-order valence-electron chi connectivity index (χ2n) is 4.25. The number of oxazole rings is 1. The Morgan fingerprint density at radius 3 is 2.88 bits per heavy atom. The minimum absolute atomic E-state index is 0.452. The first kappa shape index (κ1) is 12.8. The highest BCUT2D eigenvalue weighted by atomic mass is 79.9. The van der Waals surface area contributed by atoms with E-state index in [1.165, 1.54) is 5.56 Å². The largest absolute Gasteiger partial charge is 0.444 e. The third-order valence-electron chi connectivity index (χ3n) is 2.31. The number of aryl methyl sites for hydroxylation is 1. The van der Waals surface area contributed by atoms with E-state index in [1.807, 2.05) is 0 Å². The van der Waals surface area contributed by atoms with Crippen molar-refractivity contribution in [2.75, 3.05) is 0 Å². The van der Waals surface area contributed by atoms with Crippen molar-refractivity contribution in [1.29, 1.82) is 0 Å². The lowest BCUT2D eigenvalue weighted by atomic mass is 10.3. The lowest BCUT2D eigenvalue weighted by Crippen LogP contribution is -2.21. The van der Waals surface area contributed by atoms with E-state index in [1.54, 1.807) is 17.6 Å². The molecule has 0 aromatic carbocycles. The van der Waals surface area contributed by atoms with Gasteiger partial charge in [0.15, 0.2) is 0 Å². The molecule has 0 fully saturated rings. The Bertz CT molecular complexity index is 485. The topological polar surface area (TPSA) is 38.1 Å². The fraction of sp³-hybridized carbons (Fsp3) is 0.417. The van der Waals surface area contributed by atoms with Crippen LogP contribution in [0.4, 0.5) is 0 Å². The Morgan fingerprint density at radius 2 is 2.29 bits per heavy atom. The summed E-state index contributed by atoms with van der Waals surface area (Å²) < 4.78 is 6.62. The Kier molecular flexibility index (Phi) is 4.01. The van der Waals surface area contributed by atoms with Gasteiger partial charge in [-0.05, 0) is 34.5 Å². The molecule has 0 amide bonds. The van der Waals surface area contributed by atoms with E-state index < -0.39 is 0 Å². The summed E-state index contributed by atoms with van der Waals surface area (Å²) in [7, 11) is 0. The summed E-state index contributed by atoms with van der Waals surface area (Å²) in [5, 5.41) is 3.31. The fourth-order valence-corrected chi connectivity index (χ4v) is 2.84. The van der Waals surface area contributed by atoms with Crippen molar-refractivity contribution in [3.05, 3.63) is 27.4 Å². The van der Waals surface area contributed by atoms with Crippen molar-refractivity contribution in [2.45, 2.75) is 33.4 Å². The SMILES string of the molecule is Cc1cc(-c2nc(CNC(C)C)co2)sc1Br. The first-order valence-electron chi connectivity index (χ1n) is 5.50. The van der Waals surface area contributed by atoms with Gasteiger partial charge >= 0.3 is 0 Å². The lowest BCUT2D eigenvalue weighted by molar-refractivity contribution is 0.561. The van der Waals surface area contributed by atoms with Gasteiger partial charge in [-0.1, -0.05) is 13.8 Å². The Hall–Kier alpha value is -0.650. The van der Waals surface area contributed by atoms with Gasteiger partial charge in [0.1, 0.15) is 6.26 Å². The third-order valence-corrected chi connectivity index (χ3v) is 4.44. The molecule has 2 heterocycles. The molecule has 0 saturated carbocycles. The van der Waals surface area contributed by atoms with E-state index in [0.717, 1.165) is 20.9 Å². The van der Waals surface area contributed by atoms with E-state index in [2.05, 4.69) is 53.1 Å². The molecule has 1 N–H and O–H groups in total. The van der Waals surface area contributed by atoms with Crippen LogP contribution in [0.1, 0.15) is 25.1 Å². The van der Waals surface area contributed by atoms with Crippen molar-refractivity contribution in [3.8, 4) is 10.8 Å². The molecule has 0 bridgehead atoms. The molecule has 0 radical (unpaired) electrons. The molecule has 0 unspecified atom stereocenters. The number of rotatable bonds is 4. The number of thiophene rings is 1. The van der Waals surface area contributed by atoms with Crippen LogP contribution in [-0.4, -0.2) is 11.0 Å². The number of aromatic nitrogens is 1. The van der Waals surface area contributed by atoms with E-state index in [4.69, 9.17) is 4.42 Å². The van der Waals surface area contributed by atoms with Crippen molar-refractivity contribution in [3.63, 3.8) is 0 Å². The Labute approximate surface area is 113 Å². The second-order valence-corrected chi connectivity index (χ2v) is 6.62. The van der Waals surface area contributed by atoms with Gasteiger partial charge in [-0.15, -0.1) is 11.3 Å². The van der Waals surface area contributed by atoms with Crippen LogP contribution < -0.4 is 5.32 Å². The lowest BCUT2D eigenvalue weighted by Gasteiger charge is -2.03. The molecule has 92 valence electrons. The molecule has 0 aliphatic heterocycles. The molecule has 5 heteroatoms. The van der Waals surface area contributed by atoms with Gasteiger partial charge in [0, 0.05) is 12.6 Å². The fourth-order valence-electron chi connectivity index (χ4n) is 1.38. The molecule has 0 saturated heterocycles. The number of halogens is 1. The van der Waals surface area contributed by atoms with Crippen LogP contribution in [0.25, 0.3) is 10.8 Å². The van der Waals surface area contributed by atoms with Gasteiger partial charge in [-0.3, -0.25) is 0 Å². The highest BCUT2D eigenvalue weighted by Crippen LogP contribution is 2.34. The highest BCUT2D eigenvalue weighted by molar-refractivity contribution is 9.11. The molecule has 17 heavy (non-hydrogen) atoms. The van der Waals surface area contributed by atoms with Crippen molar-refractivity contribution in [1.82, 2.24) is 10.3 Å². The van der Waals surface area contributed by atoms with Gasteiger partial charge in [0.2, 0.25) is 5.89 Å². The van der Waals surface area contributed by atoms with Crippen LogP contribution in [-0.2, 0) is 6.54 Å². The van der Waals surface area contributed by atoms with Crippen LogP contribution in [0.15, 0.2) is 20.5 Å². The van der Waals surface area contributed by atoms with Crippen LogP contribution in [0.2, 0.25) is 0 Å². The minimum Gasteiger partial charge on any atom is -0.444 e. The van der Waals surface area contributed by atoms with E-state index in [0.29, 0.717) is 11.9 Å². The zero-order chi connectivity index (χ0) is 12.4. The maximum absolute atomic E-state index is 5.49. The van der Waals surface area contributed by atoms with E-state index in [9.17, 15) is 0 Å². The third kappa shape index (κ3) is 3.18. The summed E-state index contributed by atoms with van der Waals surface area (Å²) >= 11 is 5.15. The van der Waals surface area contributed by atoms with Crippen LogP contribution >= 0.6 is 27.3 Å². The van der Waals surface area contributed by atoms with Crippen molar-refractivity contribution >= 4 is 27.3 Å². The molecule has 3 nitrogen and oxygen atoms in total. The Balaban J connectivity index is 2.12.